The van der Waals surface area contributed by atoms with Crippen molar-refractivity contribution in [1.29, 1.82) is 0 Å². The van der Waals surface area contributed by atoms with Gasteiger partial charge in [0.15, 0.2) is 0 Å². The number of aromatic nitrogens is 2. The molecule has 0 aliphatic carbocycles. The number of benzene rings is 1. The summed E-state index contributed by atoms with van der Waals surface area (Å²) in [6.07, 6.45) is -2.43. The highest BCUT2D eigenvalue weighted by atomic mass is 32.1. The number of amides is 1. The lowest BCUT2D eigenvalue weighted by Gasteiger charge is -2.34. The van der Waals surface area contributed by atoms with E-state index in [0.29, 0.717) is 32.5 Å². The predicted octanol–water partition coefficient (Wildman–Crippen LogP) is 3.84. The maximum absolute atomic E-state index is 13.9. The summed E-state index contributed by atoms with van der Waals surface area (Å²) in [5, 5.41) is 14.8. The van der Waals surface area contributed by atoms with E-state index in [9.17, 15) is 23.1 Å². The molecule has 1 atom stereocenters. The van der Waals surface area contributed by atoms with Crippen LogP contribution in [0, 0.1) is 0 Å². The van der Waals surface area contributed by atoms with Crippen LogP contribution >= 0.6 is 11.3 Å². The number of rotatable bonds is 6. The smallest absolute Gasteiger partial charge is 0.397 e. The van der Waals surface area contributed by atoms with Gasteiger partial charge >= 0.3 is 6.18 Å². The summed E-state index contributed by atoms with van der Waals surface area (Å²) in [6.45, 7) is 1.28. The van der Waals surface area contributed by atoms with Crippen LogP contribution in [0.25, 0.3) is 21.1 Å². The lowest BCUT2D eigenvalue weighted by atomic mass is 10.0. The first-order valence-corrected chi connectivity index (χ1v) is 12.5. The van der Waals surface area contributed by atoms with Gasteiger partial charge in [-0.3, -0.25) is 9.78 Å². The van der Waals surface area contributed by atoms with E-state index in [-0.39, 0.29) is 32.6 Å². The number of aliphatic hydroxyl groups excluding tert-OH is 1. The monoisotopic (exact) mass is 530 g/mol. The van der Waals surface area contributed by atoms with Gasteiger partial charge in [-0.2, -0.15) is 13.2 Å². The summed E-state index contributed by atoms with van der Waals surface area (Å²) in [5.41, 5.74) is 11.4. The Balaban J connectivity index is 1.28. The number of anilines is 2. The third-order valence-corrected chi connectivity index (χ3v) is 7.77. The van der Waals surface area contributed by atoms with Crippen molar-refractivity contribution in [2.24, 2.45) is 5.73 Å². The standard InChI is InChI=1S/C25H25F3N6O2S/c26-25(27,28)16-11-18(33-24-19(16)20(29)22(37-24)23(30)36)34-9-6-14(7-10-34)32-12-17(35)15-5-1-3-13-4-2-8-31-21(13)15/h1-5,8,11,14,17,32,35H,6-7,9-10,12,29H2,(H2,30,36). The molecule has 1 aromatic carbocycles. The second-order valence-corrected chi connectivity index (χ2v) is 10.0. The first-order chi connectivity index (χ1) is 17.6. The van der Waals surface area contributed by atoms with Crippen molar-refractivity contribution >= 4 is 49.9 Å². The first-order valence-electron chi connectivity index (χ1n) is 11.7. The number of carbonyl (C=O) groups excluding carboxylic acids is 1. The van der Waals surface area contributed by atoms with Gasteiger partial charge < -0.3 is 26.8 Å². The minimum absolute atomic E-state index is 0.0307. The van der Waals surface area contributed by atoms with Crippen molar-refractivity contribution < 1.29 is 23.1 Å². The van der Waals surface area contributed by atoms with Crippen LogP contribution in [-0.4, -0.2) is 46.7 Å². The Hall–Kier alpha value is -3.48. The molecule has 12 heteroatoms. The molecule has 8 nitrogen and oxygen atoms in total. The van der Waals surface area contributed by atoms with Crippen molar-refractivity contribution in [1.82, 2.24) is 15.3 Å². The summed E-state index contributed by atoms with van der Waals surface area (Å²) < 4.78 is 41.6. The summed E-state index contributed by atoms with van der Waals surface area (Å²) in [5.74, 6) is -0.707. The van der Waals surface area contributed by atoms with Crippen molar-refractivity contribution in [3.63, 3.8) is 0 Å². The molecule has 0 spiro atoms. The Bertz CT molecular complexity index is 1460. The van der Waals surface area contributed by atoms with E-state index in [1.165, 1.54) is 0 Å². The number of piperidine rings is 1. The summed E-state index contributed by atoms with van der Waals surface area (Å²) >= 11 is 0.768. The molecule has 1 unspecified atom stereocenters. The second kappa shape index (κ2) is 9.77. The van der Waals surface area contributed by atoms with E-state index in [4.69, 9.17) is 11.5 Å². The molecule has 0 saturated carbocycles. The van der Waals surface area contributed by atoms with E-state index in [1.54, 1.807) is 11.1 Å². The van der Waals surface area contributed by atoms with Crippen molar-refractivity contribution in [3.8, 4) is 0 Å². The Kier molecular flexibility index (Phi) is 6.65. The Labute approximate surface area is 214 Å². The number of carbonyl (C=O) groups is 1. The topological polar surface area (TPSA) is 130 Å². The summed E-state index contributed by atoms with van der Waals surface area (Å²) in [6, 6.07) is 10.5. The number of fused-ring (bicyclic) bond motifs is 2. The van der Waals surface area contributed by atoms with Crippen LogP contribution in [0.3, 0.4) is 0 Å². The predicted molar refractivity (Wildman–Crippen MR) is 137 cm³/mol. The van der Waals surface area contributed by atoms with Gasteiger partial charge in [-0.1, -0.05) is 24.3 Å². The minimum Gasteiger partial charge on any atom is -0.397 e. The van der Waals surface area contributed by atoms with Crippen LogP contribution in [0.4, 0.5) is 24.7 Å². The molecule has 1 saturated heterocycles. The number of alkyl halides is 3. The lowest BCUT2D eigenvalue weighted by Crippen LogP contribution is -2.44. The highest BCUT2D eigenvalue weighted by Crippen LogP contribution is 2.43. The molecule has 5 rings (SSSR count). The highest BCUT2D eigenvalue weighted by molar-refractivity contribution is 7.21. The lowest BCUT2D eigenvalue weighted by molar-refractivity contribution is -0.136. The van der Waals surface area contributed by atoms with E-state index >= 15 is 0 Å². The van der Waals surface area contributed by atoms with E-state index in [0.717, 1.165) is 33.9 Å². The molecule has 194 valence electrons. The average molecular weight is 531 g/mol. The van der Waals surface area contributed by atoms with Gasteiger partial charge in [0.1, 0.15) is 15.5 Å². The fourth-order valence-electron chi connectivity index (χ4n) is 4.77. The molecule has 1 fully saturated rings. The zero-order chi connectivity index (χ0) is 26.3. The van der Waals surface area contributed by atoms with Gasteiger partial charge in [-0.15, -0.1) is 11.3 Å². The van der Waals surface area contributed by atoms with E-state index in [1.807, 2.05) is 30.3 Å². The molecule has 1 amide bonds. The minimum atomic E-state index is -4.67. The largest absolute Gasteiger partial charge is 0.417 e. The molecule has 37 heavy (non-hydrogen) atoms. The first kappa shape index (κ1) is 25.2. The normalized spacial score (nSPS) is 15.9. The third-order valence-electron chi connectivity index (χ3n) is 6.66. The molecular formula is C25H25F3N6O2S. The Morgan fingerprint density at radius 2 is 1.97 bits per heavy atom. The molecule has 3 aromatic heterocycles. The molecule has 0 radical (unpaired) electrons. The Morgan fingerprint density at radius 3 is 2.68 bits per heavy atom. The highest BCUT2D eigenvalue weighted by Gasteiger charge is 2.37. The molecule has 1 aliphatic heterocycles. The number of halogens is 3. The van der Waals surface area contributed by atoms with Gasteiger partial charge in [-0.05, 0) is 25.0 Å². The van der Waals surface area contributed by atoms with Gasteiger partial charge in [-0.25, -0.2) is 4.98 Å². The van der Waals surface area contributed by atoms with Gasteiger partial charge in [0, 0.05) is 48.2 Å². The van der Waals surface area contributed by atoms with Crippen LogP contribution in [0.15, 0.2) is 42.6 Å². The van der Waals surface area contributed by atoms with Gasteiger partial charge in [0.05, 0.1) is 22.9 Å². The number of nitrogens with one attached hydrogen (secondary N) is 1. The SMILES string of the molecule is NC(=O)c1sc2nc(N3CCC(NCC(O)c4cccc5cccnc45)CC3)cc(C(F)(F)F)c2c1N. The molecule has 0 bridgehead atoms. The molecule has 4 aromatic rings. The maximum Gasteiger partial charge on any atom is 0.417 e. The zero-order valence-electron chi connectivity index (χ0n) is 19.6. The van der Waals surface area contributed by atoms with Crippen molar-refractivity contribution in [2.45, 2.75) is 31.2 Å². The van der Waals surface area contributed by atoms with Crippen LogP contribution in [-0.2, 0) is 6.18 Å². The number of nitrogen functional groups attached to an aromatic ring is 1. The number of para-hydroxylation sites is 1. The quantitative estimate of drug-likeness (QED) is 0.298. The van der Waals surface area contributed by atoms with Crippen molar-refractivity contribution in [3.05, 3.63) is 58.6 Å². The fraction of sp³-hybridized carbons (Fsp3) is 0.320. The number of thiophene rings is 1. The molecular weight excluding hydrogens is 505 g/mol. The van der Waals surface area contributed by atoms with E-state index < -0.39 is 23.8 Å². The fourth-order valence-corrected chi connectivity index (χ4v) is 5.74. The number of aliphatic hydroxyl groups is 1. The summed E-state index contributed by atoms with van der Waals surface area (Å²) in [4.78, 5) is 22.1. The molecule has 4 heterocycles. The maximum atomic E-state index is 13.9. The third kappa shape index (κ3) is 4.91. The van der Waals surface area contributed by atoms with Crippen molar-refractivity contribution in [2.75, 3.05) is 30.3 Å². The van der Waals surface area contributed by atoms with Crippen LogP contribution in [0.2, 0.25) is 0 Å². The zero-order valence-corrected chi connectivity index (χ0v) is 20.4. The van der Waals surface area contributed by atoms with Crippen LogP contribution in [0.1, 0.15) is 39.7 Å². The number of pyridine rings is 2. The van der Waals surface area contributed by atoms with Gasteiger partial charge in [0.25, 0.3) is 5.91 Å². The second-order valence-electron chi connectivity index (χ2n) is 9.02. The number of hydrogen-bond acceptors (Lipinski definition) is 8. The number of nitrogens with two attached hydrogens (primary N) is 2. The summed E-state index contributed by atoms with van der Waals surface area (Å²) in [7, 11) is 0. The van der Waals surface area contributed by atoms with Gasteiger partial charge in [0.2, 0.25) is 0 Å². The number of primary amides is 1. The average Bonchev–Trinajstić information content (AvgIpc) is 3.22. The molecule has 6 N–H and O–H groups in total. The molecule has 1 aliphatic rings. The van der Waals surface area contributed by atoms with E-state index in [2.05, 4.69) is 15.3 Å². The number of hydrogen-bond donors (Lipinski definition) is 4. The Morgan fingerprint density at radius 1 is 1.24 bits per heavy atom. The number of nitrogens with zero attached hydrogens (tertiary/aromatic N) is 3. The van der Waals surface area contributed by atoms with Crippen LogP contribution in [0.5, 0.6) is 0 Å². The van der Waals surface area contributed by atoms with Crippen LogP contribution < -0.4 is 21.7 Å².